The Hall–Kier alpha value is -2.81. The van der Waals surface area contributed by atoms with Crippen LogP contribution >= 0.6 is 0 Å². The molecule has 0 spiro atoms. The fourth-order valence-electron chi connectivity index (χ4n) is 3.81. The Labute approximate surface area is 209 Å². The lowest BCUT2D eigenvalue weighted by Gasteiger charge is -2.35. The summed E-state index contributed by atoms with van der Waals surface area (Å²) in [6, 6.07) is 3.94. The van der Waals surface area contributed by atoms with Gasteiger partial charge < -0.3 is 30.5 Å². The second-order valence-corrected chi connectivity index (χ2v) is 10.2. The molecule has 1 aromatic rings. The van der Waals surface area contributed by atoms with Crippen molar-refractivity contribution in [2.75, 3.05) is 13.2 Å². The number of nitrogens with one attached hydrogen (secondary N) is 2. The molecule has 35 heavy (non-hydrogen) atoms. The van der Waals surface area contributed by atoms with E-state index in [-0.39, 0.29) is 29.8 Å². The van der Waals surface area contributed by atoms with Crippen LogP contribution in [-0.2, 0) is 14.3 Å². The van der Waals surface area contributed by atoms with Crippen molar-refractivity contribution in [1.82, 2.24) is 15.5 Å². The Morgan fingerprint density at radius 3 is 2.23 bits per heavy atom. The normalized spacial score (nSPS) is 14.1. The van der Waals surface area contributed by atoms with Gasteiger partial charge in [0.15, 0.2) is 0 Å². The molecule has 3 unspecified atom stereocenters. The van der Waals surface area contributed by atoms with Crippen LogP contribution in [-0.4, -0.2) is 63.9 Å². The number of phenols is 1. The van der Waals surface area contributed by atoms with Crippen molar-refractivity contribution in [3.05, 3.63) is 29.8 Å². The standard InChI is InChI=1S/C26H43N3O6/c1-8-11-18(4)27-23(32)22(19-12-9-10-13-21(19)31)29(14-15-30)24(33)20(16-17(2)3)28-25(34)35-26(5,6)7/h9-10,12-13,17-18,20,22,30-31H,8,11,14-16H2,1-7H3,(H,27,32)(H,28,34). The topological polar surface area (TPSA) is 128 Å². The van der Waals surface area contributed by atoms with Crippen LogP contribution in [0.25, 0.3) is 0 Å². The first-order chi connectivity index (χ1) is 16.3. The van der Waals surface area contributed by atoms with Gasteiger partial charge in [-0.15, -0.1) is 0 Å². The number of nitrogens with zero attached hydrogens (tertiary/aromatic N) is 1. The molecule has 0 aliphatic carbocycles. The first-order valence-corrected chi connectivity index (χ1v) is 12.3. The van der Waals surface area contributed by atoms with E-state index in [9.17, 15) is 24.6 Å². The summed E-state index contributed by atoms with van der Waals surface area (Å²) in [4.78, 5) is 41.0. The Morgan fingerprint density at radius 2 is 1.71 bits per heavy atom. The second-order valence-electron chi connectivity index (χ2n) is 10.2. The van der Waals surface area contributed by atoms with Crippen LogP contribution in [0.1, 0.15) is 79.3 Å². The van der Waals surface area contributed by atoms with Crippen molar-refractivity contribution >= 4 is 17.9 Å². The summed E-state index contributed by atoms with van der Waals surface area (Å²) in [5.74, 6) is -1.14. The van der Waals surface area contributed by atoms with Crippen LogP contribution < -0.4 is 10.6 Å². The monoisotopic (exact) mass is 493 g/mol. The number of benzene rings is 1. The summed E-state index contributed by atoms with van der Waals surface area (Å²) in [5.41, 5.74) is -0.524. The number of ether oxygens (including phenoxy) is 1. The average Bonchev–Trinajstić information content (AvgIpc) is 2.72. The lowest BCUT2D eigenvalue weighted by Crippen LogP contribution is -2.54. The molecule has 0 saturated heterocycles. The molecule has 0 fully saturated rings. The van der Waals surface area contributed by atoms with Crippen LogP contribution in [0.3, 0.4) is 0 Å². The molecule has 0 saturated carbocycles. The zero-order chi connectivity index (χ0) is 26.8. The molecule has 9 heteroatoms. The molecule has 0 aliphatic rings. The average molecular weight is 494 g/mol. The molecule has 198 valence electrons. The Kier molecular flexibility index (Phi) is 12.0. The third-order valence-corrected chi connectivity index (χ3v) is 5.22. The molecule has 0 heterocycles. The SMILES string of the molecule is CCCC(C)NC(=O)C(c1ccccc1O)N(CCO)C(=O)C(CC(C)C)NC(=O)OC(C)(C)C. The van der Waals surface area contributed by atoms with Gasteiger partial charge >= 0.3 is 6.09 Å². The molecule has 1 aromatic carbocycles. The third kappa shape index (κ3) is 10.1. The Balaban J connectivity index is 3.44. The molecule has 0 aromatic heterocycles. The van der Waals surface area contributed by atoms with E-state index in [0.29, 0.717) is 6.42 Å². The van der Waals surface area contributed by atoms with Gasteiger partial charge in [-0.3, -0.25) is 9.59 Å². The van der Waals surface area contributed by atoms with Crippen LogP contribution in [0.5, 0.6) is 5.75 Å². The molecule has 0 radical (unpaired) electrons. The maximum Gasteiger partial charge on any atom is 0.408 e. The number of hydrogen-bond donors (Lipinski definition) is 4. The van der Waals surface area contributed by atoms with Gasteiger partial charge in [-0.05, 0) is 52.5 Å². The highest BCUT2D eigenvalue weighted by molar-refractivity contribution is 5.92. The Bertz CT molecular complexity index is 837. The van der Waals surface area contributed by atoms with Crippen molar-refractivity contribution in [2.24, 2.45) is 5.92 Å². The van der Waals surface area contributed by atoms with Gasteiger partial charge in [-0.2, -0.15) is 0 Å². The summed E-state index contributed by atoms with van der Waals surface area (Å²) in [6.45, 7) is 12.3. The van der Waals surface area contributed by atoms with Crippen LogP contribution in [0.4, 0.5) is 4.79 Å². The minimum Gasteiger partial charge on any atom is -0.508 e. The number of carbonyl (C=O) groups is 3. The van der Waals surface area contributed by atoms with Crippen molar-refractivity contribution in [2.45, 2.75) is 91.5 Å². The van der Waals surface area contributed by atoms with E-state index in [0.717, 1.165) is 12.8 Å². The lowest BCUT2D eigenvalue weighted by molar-refractivity contribution is -0.143. The molecular formula is C26H43N3O6. The fraction of sp³-hybridized carbons (Fsp3) is 0.654. The number of rotatable bonds is 12. The smallest absolute Gasteiger partial charge is 0.408 e. The molecule has 4 N–H and O–H groups in total. The summed E-state index contributed by atoms with van der Waals surface area (Å²) < 4.78 is 5.34. The molecule has 3 amide bonds. The van der Waals surface area contributed by atoms with Crippen molar-refractivity contribution < 1.29 is 29.3 Å². The van der Waals surface area contributed by atoms with E-state index in [1.165, 1.54) is 11.0 Å². The number of alkyl carbamates (subject to hydrolysis) is 1. The summed E-state index contributed by atoms with van der Waals surface area (Å²) in [5, 5.41) is 25.9. The minimum atomic E-state index is -1.20. The van der Waals surface area contributed by atoms with Crippen LogP contribution in [0.15, 0.2) is 24.3 Å². The number of aliphatic hydroxyl groups is 1. The van der Waals surface area contributed by atoms with Gasteiger partial charge in [-0.25, -0.2) is 4.79 Å². The number of carbonyl (C=O) groups excluding carboxylic acids is 3. The molecule has 1 rings (SSSR count). The summed E-state index contributed by atoms with van der Waals surface area (Å²) >= 11 is 0. The number of amides is 3. The van der Waals surface area contributed by atoms with Gasteiger partial charge in [-0.1, -0.05) is 45.4 Å². The van der Waals surface area contributed by atoms with E-state index in [4.69, 9.17) is 4.74 Å². The van der Waals surface area contributed by atoms with Gasteiger partial charge in [0.05, 0.1) is 6.61 Å². The van der Waals surface area contributed by atoms with Crippen LogP contribution in [0.2, 0.25) is 0 Å². The maximum absolute atomic E-state index is 13.8. The van der Waals surface area contributed by atoms with Gasteiger partial charge in [0.25, 0.3) is 0 Å². The zero-order valence-corrected chi connectivity index (χ0v) is 22.1. The highest BCUT2D eigenvalue weighted by Crippen LogP contribution is 2.30. The quantitative estimate of drug-likeness (QED) is 0.353. The van der Waals surface area contributed by atoms with E-state index < -0.39 is 42.2 Å². The number of para-hydroxylation sites is 1. The number of hydrogen-bond acceptors (Lipinski definition) is 6. The molecule has 3 atom stereocenters. The molecule has 0 bridgehead atoms. The van der Waals surface area contributed by atoms with E-state index in [1.807, 2.05) is 27.7 Å². The lowest BCUT2D eigenvalue weighted by atomic mass is 9.98. The maximum atomic E-state index is 13.8. The second kappa shape index (κ2) is 13.9. The van der Waals surface area contributed by atoms with Gasteiger partial charge in [0.1, 0.15) is 23.4 Å². The fourth-order valence-corrected chi connectivity index (χ4v) is 3.81. The zero-order valence-electron chi connectivity index (χ0n) is 22.1. The van der Waals surface area contributed by atoms with Crippen molar-refractivity contribution in [1.29, 1.82) is 0 Å². The molecule has 9 nitrogen and oxygen atoms in total. The Morgan fingerprint density at radius 1 is 1.09 bits per heavy atom. The minimum absolute atomic E-state index is 0.0387. The predicted molar refractivity (Wildman–Crippen MR) is 135 cm³/mol. The van der Waals surface area contributed by atoms with Crippen molar-refractivity contribution in [3.8, 4) is 5.75 Å². The summed E-state index contributed by atoms with van der Waals surface area (Å²) in [7, 11) is 0. The van der Waals surface area contributed by atoms with E-state index in [2.05, 4.69) is 10.6 Å². The largest absolute Gasteiger partial charge is 0.508 e. The van der Waals surface area contributed by atoms with Crippen LogP contribution in [0, 0.1) is 5.92 Å². The highest BCUT2D eigenvalue weighted by Gasteiger charge is 2.37. The highest BCUT2D eigenvalue weighted by atomic mass is 16.6. The van der Waals surface area contributed by atoms with E-state index >= 15 is 0 Å². The number of aliphatic hydroxyl groups excluding tert-OH is 1. The number of aromatic hydroxyl groups is 1. The summed E-state index contributed by atoms with van der Waals surface area (Å²) in [6.07, 6.45) is 1.14. The van der Waals surface area contributed by atoms with Gasteiger partial charge in [0, 0.05) is 18.2 Å². The van der Waals surface area contributed by atoms with Crippen molar-refractivity contribution in [3.63, 3.8) is 0 Å². The first-order valence-electron chi connectivity index (χ1n) is 12.3. The molecule has 0 aliphatic heterocycles. The predicted octanol–water partition coefficient (Wildman–Crippen LogP) is 3.50. The first kappa shape index (κ1) is 30.2. The molecular weight excluding hydrogens is 450 g/mol. The number of phenolic OH excluding ortho intramolecular Hbond substituents is 1. The van der Waals surface area contributed by atoms with Gasteiger partial charge in [0.2, 0.25) is 11.8 Å². The third-order valence-electron chi connectivity index (χ3n) is 5.22. The van der Waals surface area contributed by atoms with E-state index in [1.54, 1.807) is 39.0 Å².